The highest BCUT2D eigenvalue weighted by Crippen LogP contribution is 2.19. The molecule has 1 aliphatic heterocycles. The predicted octanol–water partition coefficient (Wildman–Crippen LogP) is 2.70. The topological polar surface area (TPSA) is 34.4 Å². The monoisotopic (exact) mass is 231 g/mol. The van der Waals surface area contributed by atoms with Crippen LogP contribution in [0, 0.1) is 0 Å². The molecule has 1 N–H and O–H groups in total. The Balaban J connectivity index is 1.64. The molecule has 0 amide bonds. The van der Waals surface area contributed by atoms with E-state index < -0.39 is 0 Å². The van der Waals surface area contributed by atoms with Crippen molar-refractivity contribution >= 4 is 11.0 Å². The van der Waals surface area contributed by atoms with Gasteiger partial charge in [-0.05, 0) is 25.0 Å². The van der Waals surface area contributed by atoms with E-state index >= 15 is 0 Å². The fourth-order valence-electron chi connectivity index (χ4n) is 2.27. The summed E-state index contributed by atoms with van der Waals surface area (Å²) in [5.41, 5.74) is 0.962. The van der Waals surface area contributed by atoms with E-state index in [9.17, 15) is 0 Å². The van der Waals surface area contributed by atoms with E-state index in [1.54, 1.807) is 0 Å². The Labute approximate surface area is 101 Å². The van der Waals surface area contributed by atoms with Crippen molar-refractivity contribution in [1.29, 1.82) is 0 Å². The van der Waals surface area contributed by atoms with Crippen LogP contribution in [-0.2, 0) is 11.3 Å². The maximum Gasteiger partial charge on any atom is 0.134 e. The molecule has 0 saturated carbocycles. The molecule has 3 heteroatoms. The van der Waals surface area contributed by atoms with Gasteiger partial charge in [-0.1, -0.05) is 18.2 Å². The minimum Gasteiger partial charge on any atom is -0.460 e. The van der Waals surface area contributed by atoms with E-state index in [4.69, 9.17) is 9.15 Å². The molecule has 1 atom stereocenters. The summed E-state index contributed by atoms with van der Waals surface area (Å²) in [7, 11) is 0. The largest absolute Gasteiger partial charge is 0.460 e. The number of fused-ring (bicyclic) bond motifs is 1. The van der Waals surface area contributed by atoms with Crippen LogP contribution < -0.4 is 5.32 Å². The Morgan fingerprint density at radius 1 is 1.29 bits per heavy atom. The SMILES string of the molecule is c1ccc2oc(CNC3CCCOC3)cc2c1. The number of benzene rings is 1. The van der Waals surface area contributed by atoms with Crippen molar-refractivity contribution in [2.45, 2.75) is 25.4 Å². The summed E-state index contributed by atoms with van der Waals surface area (Å²) >= 11 is 0. The van der Waals surface area contributed by atoms with E-state index in [0.29, 0.717) is 6.04 Å². The summed E-state index contributed by atoms with van der Waals surface area (Å²) in [6.07, 6.45) is 2.35. The molecule has 1 fully saturated rings. The zero-order valence-electron chi connectivity index (χ0n) is 9.82. The molecule has 1 unspecified atom stereocenters. The maximum atomic E-state index is 5.76. The Bertz CT molecular complexity index is 453. The van der Waals surface area contributed by atoms with E-state index in [1.165, 1.54) is 11.8 Å². The molecule has 3 rings (SSSR count). The first-order valence-corrected chi connectivity index (χ1v) is 6.20. The summed E-state index contributed by atoms with van der Waals surface area (Å²) in [6.45, 7) is 2.51. The Morgan fingerprint density at radius 3 is 3.06 bits per heavy atom. The number of furan rings is 1. The molecule has 0 radical (unpaired) electrons. The number of rotatable bonds is 3. The third-order valence-electron chi connectivity index (χ3n) is 3.20. The number of nitrogens with one attached hydrogen (secondary N) is 1. The van der Waals surface area contributed by atoms with E-state index in [2.05, 4.69) is 17.4 Å². The molecular weight excluding hydrogens is 214 g/mol. The summed E-state index contributed by atoms with van der Waals surface area (Å²) < 4.78 is 11.2. The molecule has 1 aromatic carbocycles. The van der Waals surface area contributed by atoms with Gasteiger partial charge in [0.25, 0.3) is 0 Å². The van der Waals surface area contributed by atoms with E-state index in [1.807, 2.05) is 18.2 Å². The number of para-hydroxylation sites is 1. The van der Waals surface area contributed by atoms with Crippen molar-refractivity contribution in [2.75, 3.05) is 13.2 Å². The molecule has 0 bridgehead atoms. The first-order chi connectivity index (χ1) is 8.42. The molecule has 1 saturated heterocycles. The molecule has 0 aliphatic carbocycles. The van der Waals surface area contributed by atoms with E-state index in [-0.39, 0.29) is 0 Å². The minimum absolute atomic E-state index is 0.469. The maximum absolute atomic E-state index is 5.76. The van der Waals surface area contributed by atoms with Gasteiger partial charge in [-0.15, -0.1) is 0 Å². The standard InChI is InChI=1S/C14H17NO2/c1-2-6-14-11(4-1)8-13(17-14)9-15-12-5-3-7-16-10-12/h1-2,4,6,8,12,15H,3,5,7,9-10H2. The van der Waals surface area contributed by atoms with Crippen LogP contribution in [0.25, 0.3) is 11.0 Å². The molecule has 90 valence electrons. The molecular formula is C14H17NO2. The minimum atomic E-state index is 0.469. The van der Waals surface area contributed by atoms with Gasteiger partial charge in [-0.2, -0.15) is 0 Å². The smallest absolute Gasteiger partial charge is 0.134 e. The first-order valence-electron chi connectivity index (χ1n) is 6.20. The molecule has 0 spiro atoms. The number of hydrogen-bond acceptors (Lipinski definition) is 3. The average Bonchev–Trinajstić information content (AvgIpc) is 2.80. The summed E-state index contributed by atoms with van der Waals surface area (Å²) in [6, 6.07) is 10.7. The third kappa shape index (κ3) is 2.51. The molecule has 1 aliphatic rings. The van der Waals surface area contributed by atoms with Gasteiger partial charge in [0.15, 0.2) is 0 Å². The van der Waals surface area contributed by atoms with Gasteiger partial charge in [-0.25, -0.2) is 0 Å². The van der Waals surface area contributed by atoms with Gasteiger partial charge in [0.2, 0.25) is 0 Å². The molecule has 2 heterocycles. The van der Waals surface area contributed by atoms with Crippen LogP contribution in [0.2, 0.25) is 0 Å². The lowest BCUT2D eigenvalue weighted by Gasteiger charge is -2.22. The van der Waals surface area contributed by atoms with Gasteiger partial charge >= 0.3 is 0 Å². The van der Waals surface area contributed by atoms with Gasteiger partial charge < -0.3 is 14.5 Å². The number of ether oxygens (including phenoxy) is 1. The predicted molar refractivity (Wildman–Crippen MR) is 66.9 cm³/mol. The second kappa shape index (κ2) is 4.90. The van der Waals surface area contributed by atoms with Crippen LogP contribution in [0.4, 0.5) is 0 Å². The summed E-state index contributed by atoms with van der Waals surface area (Å²) in [5, 5.41) is 4.65. The highest BCUT2D eigenvalue weighted by molar-refractivity contribution is 5.77. The highest BCUT2D eigenvalue weighted by atomic mass is 16.5. The van der Waals surface area contributed by atoms with Crippen LogP contribution in [-0.4, -0.2) is 19.3 Å². The Morgan fingerprint density at radius 2 is 2.24 bits per heavy atom. The quantitative estimate of drug-likeness (QED) is 0.882. The Kier molecular flexibility index (Phi) is 3.12. The fraction of sp³-hybridized carbons (Fsp3) is 0.429. The normalized spacial score (nSPS) is 20.8. The molecule has 2 aromatic rings. The van der Waals surface area contributed by atoms with Crippen molar-refractivity contribution < 1.29 is 9.15 Å². The lowest BCUT2D eigenvalue weighted by molar-refractivity contribution is 0.0694. The first kappa shape index (κ1) is 10.8. The van der Waals surface area contributed by atoms with Crippen LogP contribution in [0.15, 0.2) is 34.7 Å². The molecule has 1 aromatic heterocycles. The van der Waals surface area contributed by atoms with E-state index in [0.717, 1.165) is 37.5 Å². The summed E-state index contributed by atoms with van der Waals surface area (Å²) in [5.74, 6) is 0.997. The van der Waals surface area contributed by atoms with Crippen molar-refractivity contribution in [2.24, 2.45) is 0 Å². The molecule has 17 heavy (non-hydrogen) atoms. The third-order valence-corrected chi connectivity index (χ3v) is 3.20. The number of hydrogen-bond donors (Lipinski definition) is 1. The zero-order chi connectivity index (χ0) is 11.5. The van der Waals surface area contributed by atoms with Crippen LogP contribution >= 0.6 is 0 Å². The Hall–Kier alpha value is -1.32. The van der Waals surface area contributed by atoms with Gasteiger partial charge in [0, 0.05) is 18.0 Å². The summed E-state index contributed by atoms with van der Waals surface area (Å²) in [4.78, 5) is 0. The van der Waals surface area contributed by atoms with Gasteiger partial charge in [-0.3, -0.25) is 0 Å². The molecule has 3 nitrogen and oxygen atoms in total. The van der Waals surface area contributed by atoms with Crippen molar-refractivity contribution in [1.82, 2.24) is 5.32 Å². The highest BCUT2D eigenvalue weighted by Gasteiger charge is 2.13. The lowest BCUT2D eigenvalue weighted by atomic mass is 10.1. The van der Waals surface area contributed by atoms with Crippen molar-refractivity contribution in [3.8, 4) is 0 Å². The van der Waals surface area contributed by atoms with Gasteiger partial charge in [0.05, 0.1) is 13.2 Å². The zero-order valence-corrected chi connectivity index (χ0v) is 9.82. The van der Waals surface area contributed by atoms with Crippen LogP contribution in [0.5, 0.6) is 0 Å². The van der Waals surface area contributed by atoms with Crippen molar-refractivity contribution in [3.63, 3.8) is 0 Å². The fourth-order valence-corrected chi connectivity index (χ4v) is 2.27. The van der Waals surface area contributed by atoms with Crippen LogP contribution in [0.3, 0.4) is 0 Å². The van der Waals surface area contributed by atoms with Gasteiger partial charge in [0.1, 0.15) is 11.3 Å². The second-order valence-electron chi connectivity index (χ2n) is 4.55. The van der Waals surface area contributed by atoms with Crippen molar-refractivity contribution in [3.05, 3.63) is 36.1 Å². The average molecular weight is 231 g/mol. The second-order valence-corrected chi connectivity index (χ2v) is 4.55. The van der Waals surface area contributed by atoms with Crippen LogP contribution in [0.1, 0.15) is 18.6 Å². The lowest BCUT2D eigenvalue weighted by Crippen LogP contribution is -2.36.